The molecule has 0 heterocycles. The molecule has 0 aliphatic heterocycles. The second-order valence-electron chi connectivity index (χ2n) is 9.51. The Balaban J connectivity index is 1.93. The van der Waals surface area contributed by atoms with Gasteiger partial charge in [-0.05, 0) is 44.9 Å². The first-order valence-corrected chi connectivity index (χ1v) is 9.84. The third kappa shape index (κ3) is 2.61. The molecule has 0 aromatic heterocycles. The van der Waals surface area contributed by atoms with Crippen molar-refractivity contribution in [1.82, 2.24) is 0 Å². The van der Waals surface area contributed by atoms with E-state index in [2.05, 4.69) is 52.8 Å². The van der Waals surface area contributed by atoms with Gasteiger partial charge in [0.1, 0.15) is 0 Å². The van der Waals surface area contributed by atoms with Gasteiger partial charge in [-0.25, -0.2) is 0 Å². The summed E-state index contributed by atoms with van der Waals surface area (Å²) in [6.45, 7) is 10.8. The van der Waals surface area contributed by atoms with Crippen LogP contribution < -0.4 is 0 Å². The van der Waals surface area contributed by atoms with Crippen LogP contribution in [0.2, 0.25) is 0 Å². The first-order valence-electron chi connectivity index (χ1n) is 9.84. The lowest BCUT2D eigenvalue weighted by molar-refractivity contribution is 0.330. The molecule has 0 atom stereocenters. The van der Waals surface area contributed by atoms with Crippen LogP contribution in [-0.4, -0.2) is 25.5 Å². The molecule has 0 saturated heterocycles. The maximum absolute atomic E-state index is 10.3. The third-order valence-electron chi connectivity index (χ3n) is 6.20. The summed E-state index contributed by atoms with van der Waals surface area (Å²) < 4.78 is 0. The molecule has 0 unspecified atom stereocenters. The van der Waals surface area contributed by atoms with Gasteiger partial charge in [0.2, 0.25) is 17.2 Å². The minimum absolute atomic E-state index is 0.0176. The lowest BCUT2D eigenvalue weighted by Gasteiger charge is -2.25. The Bertz CT molecular complexity index is 1170. The molecule has 0 spiro atoms. The molecule has 0 amide bonds. The smallest absolute Gasteiger partial charge is 0.208 e. The molecular weight excluding hydrogens is 380 g/mol. The van der Waals surface area contributed by atoms with Crippen molar-refractivity contribution >= 4 is 0 Å². The highest BCUT2D eigenvalue weighted by Crippen LogP contribution is 2.56. The molecule has 0 bridgehead atoms. The Kier molecular flexibility index (Phi) is 4.04. The first kappa shape index (κ1) is 20.0. The van der Waals surface area contributed by atoms with Gasteiger partial charge in [0.05, 0.1) is 5.56 Å². The molecule has 5 nitrogen and oxygen atoms in total. The van der Waals surface area contributed by atoms with Gasteiger partial charge in [-0.1, -0.05) is 65.0 Å². The molecular formula is C25H26O5. The van der Waals surface area contributed by atoms with Crippen LogP contribution >= 0.6 is 0 Å². The Hall–Kier alpha value is -3.34. The second-order valence-corrected chi connectivity index (χ2v) is 9.51. The van der Waals surface area contributed by atoms with Gasteiger partial charge in [0, 0.05) is 5.41 Å². The van der Waals surface area contributed by atoms with E-state index in [0.29, 0.717) is 5.56 Å². The monoisotopic (exact) mass is 406 g/mol. The van der Waals surface area contributed by atoms with Crippen molar-refractivity contribution in [2.45, 2.75) is 45.4 Å². The van der Waals surface area contributed by atoms with Crippen LogP contribution in [-0.2, 0) is 10.8 Å². The maximum Gasteiger partial charge on any atom is 0.208 e. The fourth-order valence-corrected chi connectivity index (χ4v) is 4.32. The van der Waals surface area contributed by atoms with Crippen LogP contribution in [0, 0.1) is 0 Å². The summed E-state index contributed by atoms with van der Waals surface area (Å²) in [5.41, 5.74) is 5.63. The third-order valence-corrected chi connectivity index (χ3v) is 6.20. The number of benzene rings is 3. The van der Waals surface area contributed by atoms with E-state index in [9.17, 15) is 25.5 Å². The lowest BCUT2D eigenvalue weighted by atomic mass is 9.78. The average molecular weight is 406 g/mol. The van der Waals surface area contributed by atoms with Crippen molar-refractivity contribution in [2.24, 2.45) is 0 Å². The summed E-state index contributed by atoms with van der Waals surface area (Å²) in [5, 5.41) is 50.2. The zero-order valence-electron chi connectivity index (χ0n) is 17.7. The van der Waals surface area contributed by atoms with Gasteiger partial charge in [-0.3, -0.25) is 0 Å². The summed E-state index contributed by atoms with van der Waals surface area (Å²) in [7, 11) is 0. The van der Waals surface area contributed by atoms with E-state index in [1.54, 1.807) is 6.07 Å². The van der Waals surface area contributed by atoms with Crippen molar-refractivity contribution in [2.75, 3.05) is 0 Å². The minimum atomic E-state index is -0.961. The van der Waals surface area contributed by atoms with E-state index < -0.39 is 28.7 Å². The predicted molar refractivity (Wildman–Crippen MR) is 116 cm³/mol. The molecule has 3 aromatic carbocycles. The molecule has 156 valence electrons. The van der Waals surface area contributed by atoms with Gasteiger partial charge in [-0.15, -0.1) is 0 Å². The summed E-state index contributed by atoms with van der Waals surface area (Å²) in [6, 6.07) is 12.0. The van der Waals surface area contributed by atoms with Crippen molar-refractivity contribution in [3.05, 3.63) is 53.1 Å². The Morgan fingerprint density at radius 1 is 0.633 bits per heavy atom. The zero-order valence-corrected chi connectivity index (χ0v) is 17.7. The summed E-state index contributed by atoms with van der Waals surface area (Å²) in [4.78, 5) is 0. The van der Waals surface area contributed by atoms with Crippen LogP contribution in [0.1, 0.15) is 51.3 Å². The summed E-state index contributed by atoms with van der Waals surface area (Å²) in [6.07, 6.45) is 0. The summed E-state index contributed by atoms with van der Waals surface area (Å²) in [5.74, 6) is -4.09. The molecule has 1 aliphatic carbocycles. The zero-order chi connectivity index (χ0) is 22.2. The predicted octanol–water partition coefficient (Wildman–Crippen LogP) is 5.49. The van der Waals surface area contributed by atoms with E-state index >= 15 is 0 Å². The van der Waals surface area contributed by atoms with Crippen molar-refractivity contribution in [1.29, 1.82) is 0 Å². The highest BCUT2D eigenvalue weighted by atomic mass is 16.4. The van der Waals surface area contributed by atoms with E-state index in [-0.39, 0.29) is 16.4 Å². The van der Waals surface area contributed by atoms with Gasteiger partial charge < -0.3 is 25.5 Å². The van der Waals surface area contributed by atoms with Gasteiger partial charge >= 0.3 is 0 Å². The molecule has 30 heavy (non-hydrogen) atoms. The first-order chi connectivity index (χ1) is 13.9. The fourth-order valence-electron chi connectivity index (χ4n) is 4.32. The molecule has 3 aromatic rings. The molecule has 4 rings (SSSR count). The molecule has 0 saturated carbocycles. The quantitative estimate of drug-likeness (QED) is 0.272. The average Bonchev–Trinajstić information content (AvgIpc) is 2.91. The van der Waals surface area contributed by atoms with E-state index in [1.807, 2.05) is 12.1 Å². The SMILES string of the molecule is CC(C)(C)c1ccc2c(c1)C(C)(C)c1cc(-c3c(O)c(O)c(O)c(O)c3O)ccc1-2. The molecule has 1 aliphatic rings. The molecule has 0 fully saturated rings. The Morgan fingerprint density at radius 3 is 1.63 bits per heavy atom. The van der Waals surface area contributed by atoms with Crippen molar-refractivity contribution in [3.63, 3.8) is 0 Å². The molecule has 0 radical (unpaired) electrons. The topological polar surface area (TPSA) is 101 Å². The van der Waals surface area contributed by atoms with Crippen molar-refractivity contribution in [3.8, 4) is 51.0 Å². The Morgan fingerprint density at radius 2 is 1.10 bits per heavy atom. The van der Waals surface area contributed by atoms with E-state index in [4.69, 9.17) is 0 Å². The standard InChI is InChI=1S/C25H26O5/c1-24(2,3)13-7-9-15-14-8-6-12(10-16(14)25(4,5)17(15)11-13)18-19(26)21(28)23(30)22(29)20(18)27/h6-11,26-30H,1-5H3. The largest absolute Gasteiger partial charge is 0.504 e. The normalized spacial score (nSPS) is 14.4. The highest BCUT2D eigenvalue weighted by Gasteiger charge is 2.37. The van der Waals surface area contributed by atoms with Gasteiger partial charge in [0.15, 0.2) is 11.5 Å². The van der Waals surface area contributed by atoms with Crippen LogP contribution in [0.25, 0.3) is 22.3 Å². The summed E-state index contributed by atoms with van der Waals surface area (Å²) >= 11 is 0. The fraction of sp³-hybridized carbons (Fsp3) is 0.280. The number of hydrogen-bond donors (Lipinski definition) is 5. The number of phenolic OH excluding ortho intramolecular Hbond substituents is 5. The van der Waals surface area contributed by atoms with Crippen LogP contribution in [0.3, 0.4) is 0 Å². The second kappa shape index (κ2) is 6.08. The number of fused-ring (bicyclic) bond motifs is 3. The number of phenols is 5. The molecule has 5 heteroatoms. The Labute approximate surface area is 175 Å². The van der Waals surface area contributed by atoms with Gasteiger partial charge in [-0.2, -0.15) is 0 Å². The number of rotatable bonds is 1. The van der Waals surface area contributed by atoms with Crippen molar-refractivity contribution < 1.29 is 25.5 Å². The number of aromatic hydroxyl groups is 5. The lowest BCUT2D eigenvalue weighted by Crippen LogP contribution is -2.17. The van der Waals surface area contributed by atoms with E-state index in [0.717, 1.165) is 16.7 Å². The van der Waals surface area contributed by atoms with Crippen LogP contribution in [0.15, 0.2) is 36.4 Å². The van der Waals surface area contributed by atoms with E-state index in [1.165, 1.54) is 11.1 Å². The minimum Gasteiger partial charge on any atom is -0.504 e. The highest BCUT2D eigenvalue weighted by molar-refractivity contribution is 5.89. The van der Waals surface area contributed by atoms with Crippen LogP contribution in [0.4, 0.5) is 0 Å². The maximum atomic E-state index is 10.3. The van der Waals surface area contributed by atoms with Crippen LogP contribution in [0.5, 0.6) is 28.7 Å². The molecule has 5 N–H and O–H groups in total. The van der Waals surface area contributed by atoms with Gasteiger partial charge in [0.25, 0.3) is 0 Å². The number of hydrogen-bond acceptors (Lipinski definition) is 5.